The number of rotatable bonds is 5. The van der Waals surface area contributed by atoms with Crippen molar-refractivity contribution in [3.63, 3.8) is 0 Å². The van der Waals surface area contributed by atoms with Gasteiger partial charge in [-0.05, 0) is 53.3 Å². The van der Waals surface area contributed by atoms with Crippen LogP contribution >= 0.6 is 0 Å². The van der Waals surface area contributed by atoms with E-state index in [4.69, 9.17) is 9.47 Å². The van der Waals surface area contributed by atoms with Crippen LogP contribution in [-0.4, -0.2) is 32.9 Å². The van der Waals surface area contributed by atoms with E-state index < -0.39 is 0 Å². The van der Waals surface area contributed by atoms with Gasteiger partial charge in [-0.15, -0.1) is 5.10 Å². The number of nitrogens with one attached hydrogen (secondary N) is 1. The third-order valence-corrected chi connectivity index (χ3v) is 4.06. The maximum absolute atomic E-state index is 12.1. The van der Waals surface area contributed by atoms with Crippen LogP contribution in [0.1, 0.15) is 17.0 Å². The highest BCUT2D eigenvalue weighted by Gasteiger charge is 2.12. The van der Waals surface area contributed by atoms with Crippen molar-refractivity contribution in [3.05, 3.63) is 65.5 Å². The summed E-state index contributed by atoms with van der Waals surface area (Å²) in [4.78, 5) is 12.1. The molecule has 4 rings (SSSR count). The summed E-state index contributed by atoms with van der Waals surface area (Å²) in [6, 6.07) is 13.3. The van der Waals surface area contributed by atoms with Gasteiger partial charge in [0.1, 0.15) is 0 Å². The van der Waals surface area contributed by atoms with Crippen LogP contribution in [0.3, 0.4) is 0 Å². The number of hydrogen-bond acceptors (Lipinski definition) is 6. The minimum Gasteiger partial charge on any atom is -0.454 e. The van der Waals surface area contributed by atoms with Crippen LogP contribution < -0.4 is 14.8 Å². The van der Waals surface area contributed by atoms with Gasteiger partial charge >= 0.3 is 0 Å². The number of nitrogens with zero attached hydrogens (tertiary/aromatic N) is 4. The van der Waals surface area contributed by atoms with Crippen LogP contribution in [0.25, 0.3) is 11.8 Å². The average molecular weight is 363 g/mol. The van der Waals surface area contributed by atoms with Gasteiger partial charge in [-0.1, -0.05) is 23.8 Å². The summed E-state index contributed by atoms with van der Waals surface area (Å²) in [5.74, 6) is 1.68. The molecule has 0 radical (unpaired) electrons. The highest BCUT2D eigenvalue weighted by atomic mass is 16.7. The third-order valence-electron chi connectivity index (χ3n) is 4.06. The predicted molar refractivity (Wildman–Crippen MR) is 97.3 cm³/mol. The van der Waals surface area contributed by atoms with E-state index in [0.717, 1.165) is 16.8 Å². The van der Waals surface area contributed by atoms with E-state index in [1.54, 1.807) is 10.8 Å². The Hall–Kier alpha value is -3.68. The molecule has 0 unspecified atom stereocenters. The molecule has 1 amide bonds. The normalized spacial score (nSPS) is 12.5. The minimum absolute atomic E-state index is 0.213. The fourth-order valence-electron chi connectivity index (χ4n) is 2.62. The van der Waals surface area contributed by atoms with Crippen molar-refractivity contribution in [2.75, 3.05) is 6.79 Å². The van der Waals surface area contributed by atoms with Crippen LogP contribution in [0.2, 0.25) is 0 Å². The minimum atomic E-state index is -0.244. The molecule has 0 saturated heterocycles. The molecule has 1 aliphatic heterocycles. The molecule has 1 aliphatic rings. The van der Waals surface area contributed by atoms with E-state index in [9.17, 15) is 4.79 Å². The van der Waals surface area contributed by atoms with Crippen LogP contribution in [0.4, 0.5) is 0 Å². The van der Waals surface area contributed by atoms with Crippen molar-refractivity contribution in [1.29, 1.82) is 0 Å². The molecule has 136 valence electrons. The zero-order chi connectivity index (χ0) is 18.6. The first kappa shape index (κ1) is 16.8. The lowest BCUT2D eigenvalue weighted by molar-refractivity contribution is -0.116. The van der Waals surface area contributed by atoms with Crippen molar-refractivity contribution in [3.8, 4) is 17.2 Å². The SMILES string of the molecule is Cc1ccc(-n2nnnc2CNC(=O)/C=C\c2ccc3c(c2)OCO3)cc1. The van der Waals surface area contributed by atoms with Crippen molar-refractivity contribution in [2.24, 2.45) is 0 Å². The van der Waals surface area contributed by atoms with Crippen LogP contribution in [-0.2, 0) is 11.3 Å². The number of aromatic nitrogens is 4. The Morgan fingerprint density at radius 3 is 2.85 bits per heavy atom. The number of aryl methyl sites for hydroxylation is 1. The van der Waals surface area contributed by atoms with Gasteiger partial charge in [0.25, 0.3) is 0 Å². The van der Waals surface area contributed by atoms with Gasteiger partial charge in [0.2, 0.25) is 12.7 Å². The lowest BCUT2D eigenvalue weighted by Crippen LogP contribution is -2.22. The van der Waals surface area contributed by atoms with Gasteiger partial charge in [-0.2, -0.15) is 4.68 Å². The fraction of sp³-hybridized carbons (Fsp3) is 0.158. The summed E-state index contributed by atoms with van der Waals surface area (Å²) >= 11 is 0. The van der Waals surface area contributed by atoms with E-state index in [0.29, 0.717) is 17.3 Å². The Bertz CT molecular complexity index is 995. The predicted octanol–water partition coefficient (Wildman–Crippen LogP) is 2.03. The zero-order valence-electron chi connectivity index (χ0n) is 14.6. The van der Waals surface area contributed by atoms with Crippen molar-refractivity contribution in [1.82, 2.24) is 25.5 Å². The standard InChI is InChI=1S/C19H17N5O3/c1-13-2-6-15(7-3-13)24-18(21-22-23-24)11-20-19(25)9-5-14-4-8-16-17(10-14)27-12-26-16/h2-10H,11-12H2,1H3,(H,20,25)/b9-5-. The summed E-state index contributed by atoms with van der Waals surface area (Å²) in [6.07, 6.45) is 3.16. The van der Waals surface area contributed by atoms with Gasteiger partial charge in [0.05, 0.1) is 12.2 Å². The maximum Gasteiger partial charge on any atom is 0.244 e. The van der Waals surface area contributed by atoms with Gasteiger partial charge in [0.15, 0.2) is 17.3 Å². The number of carbonyl (C=O) groups is 1. The molecule has 0 aliphatic carbocycles. The maximum atomic E-state index is 12.1. The van der Waals surface area contributed by atoms with Crippen molar-refractivity contribution >= 4 is 12.0 Å². The summed E-state index contributed by atoms with van der Waals surface area (Å²) in [6.45, 7) is 2.45. The average Bonchev–Trinajstić information content (AvgIpc) is 3.34. The summed E-state index contributed by atoms with van der Waals surface area (Å²) < 4.78 is 12.2. The molecule has 0 atom stereocenters. The van der Waals surface area contributed by atoms with Crippen molar-refractivity contribution < 1.29 is 14.3 Å². The number of ether oxygens (including phenoxy) is 2. The first-order valence-electron chi connectivity index (χ1n) is 8.39. The van der Waals surface area contributed by atoms with E-state index in [1.807, 2.05) is 49.4 Å². The fourth-order valence-corrected chi connectivity index (χ4v) is 2.62. The Morgan fingerprint density at radius 2 is 2.00 bits per heavy atom. The van der Waals surface area contributed by atoms with E-state index in [2.05, 4.69) is 20.8 Å². The number of benzene rings is 2. The molecule has 2 aromatic carbocycles. The lowest BCUT2D eigenvalue weighted by atomic mass is 10.2. The Morgan fingerprint density at radius 1 is 1.19 bits per heavy atom. The molecule has 0 bridgehead atoms. The second-order valence-corrected chi connectivity index (χ2v) is 6.01. The molecule has 0 saturated carbocycles. The summed E-state index contributed by atoms with van der Waals surface area (Å²) in [5, 5.41) is 14.4. The highest BCUT2D eigenvalue weighted by Crippen LogP contribution is 2.32. The Balaban J connectivity index is 1.38. The molecule has 1 aromatic heterocycles. The monoisotopic (exact) mass is 363 g/mol. The second-order valence-electron chi connectivity index (χ2n) is 6.01. The molecule has 8 nitrogen and oxygen atoms in total. The molecule has 1 N–H and O–H groups in total. The number of carbonyl (C=O) groups excluding carboxylic acids is 1. The zero-order valence-corrected chi connectivity index (χ0v) is 14.6. The van der Waals surface area contributed by atoms with Crippen LogP contribution in [0.15, 0.2) is 48.5 Å². The van der Waals surface area contributed by atoms with E-state index >= 15 is 0 Å². The number of fused-ring (bicyclic) bond motifs is 1. The van der Waals surface area contributed by atoms with Crippen molar-refractivity contribution in [2.45, 2.75) is 13.5 Å². The largest absolute Gasteiger partial charge is 0.454 e. The molecule has 0 spiro atoms. The molecule has 0 fully saturated rings. The van der Waals surface area contributed by atoms with Gasteiger partial charge in [-0.25, -0.2) is 0 Å². The number of amides is 1. The quantitative estimate of drug-likeness (QED) is 0.698. The van der Waals surface area contributed by atoms with Crippen LogP contribution in [0.5, 0.6) is 11.5 Å². The smallest absolute Gasteiger partial charge is 0.244 e. The molecule has 8 heteroatoms. The molecular formula is C19H17N5O3. The first-order chi connectivity index (χ1) is 13.2. The van der Waals surface area contributed by atoms with Crippen LogP contribution in [0, 0.1) is 6.92 Å². The topological polar surface area (TPSA) is 91.2 Å². The highest BCUT2D eigenvalue weighted by molar-refractivity contribution is 5.91. The Kier molecular flexibility index (Phi) is 4.52. The Labute approximate surface area is 155 Å². The van der Waals surface area contributed by atoms with Gasteiger partial charge in [-0.3, -0.25) is 4.79 Å². The van der Waals surface area contributed by atoms with Gasteiger partial charge in [0, 0.05) is 6.08 Å². The number of hydrogen-bond donors (Lipinski definition) is 1. The summed E-state index contributed by atoms with van der Waals surface area (Å²) in [7, 11) is 0. The molecular weight excluding hydrogens is 346 g/mol. The third kappa shape index (κ3) is 3.79. The van der Waals surface area contributed by atoms with Gasteiger partial charge < -0.3 is 14.8 Å². The van der Waals surface area contributed by atoms with E-state index in [-0.39, 0.29) is 19.2 Å². The first-order valence-corrected chi connectivity index (χ1v) is 8.39. The summed E-state index contributed by atoms with van der Waals surface area (Å²) in [5.41, 5.74) is 2.83. The second kappa shape index (κ2) is 7.28. The molecule has 2 heterocycles. The molecule has 27 heavy (non-hydrogen) atoms. The lowest BCUT2D eigenvalue weighted by Gasteiger charge is -2.05. The molecule has 3 aromatic rings. The number of tetrazole rings is 1. The van der Waals surface area contributed by atoms with E-state index in [1.165, 1.54) is 6.08 Å².